The number of likely N-dealkylation sites (N-methyl/N-ethyl adjacent to an activating group) is 2. The van der Waals surface area contributed by atoms with Crippen molar-refractivity contribution in [3.63, 3.8) is 0 Å². The quantitative estimate of drug-likeness (QED) is 0.840. The van der Waals surface area contributed by atoms with Crippen LogP contribution in [0.1, 0.15) is 19.4 Å². The van der Waals surface area contributed by atoms with E-state index in [-0.39, 0.29) is 5.91 Å². The maximum Gasteiger partial charge on any atom is 0.239 e. The highest BCUT2D eigenvalue weighted by Crippen LogP contribution is 2.26. The van der Waals surface area contributed by atoms with Crippen LogP contribution in [0.2, 0.25) is 5.02 Å². The number of amides is 1. The van der Waals surface area contributed by atoms with Gasteiger partial charge < -0.3 is 15.5 Å². The van der Waals surface area contributed by atoms with E-state index in [1.165, 1.54) is 0 Å². The molecule has 0 radical (unpaired) electrons. The molecule has 2 N–H and O–H groups in total. The molecular weight excluding hydrogens is 262 g/mol. The lowest BCUT2D eigenvalue weighted by molar-refractivity contribution is -0.119. The Labute approximate surface area is 120 Å². The first-order valence-electron chi connectivity index (χ1n) is 6.38. The number of carbonyl (C=O) groups excluding carboxylic acids is 1. The second kappa shape index (κ2) is 7.36. The normalized spacial score (nSPS) is 10.6. The van der Waals surface area contributed by atoms with Crippen molar-refractivity contribution in [1.29, 1.82) is 0 Å². The Bertz CT molecular complexity index is 435. The van der Waals surface area contributed by atoms with Crippen LogP contribution in [0.5, 0.6) is 0 Å². The van der Waals surface area contributed by atoms with Gasteiger partial charge in [-0.3, -0.25) is 4.79 Å². The average molecular weight is 284 g/mol. The lowest BCUT2D eigenvalue weighted by Gasteiger charge is -2.23. The van der Waals surface area contributed by atoms with Gasteiger partial charge in [0.15, 0.2) is 0 Å². The van der Waals surface area contributed by atoms with E-state index in [1.54, 1.807) is 7.05 Å². The third-order valence-electron chi connectivity index (χ3n) is 2.85. The summed E-state index contributed by atoms with van der Waals surface area (Å²) in [6, 6.07) is 6.13. The molecule has 0 saturated heterocycles. The van der Waals surface area contributed by atoms with Crippen LogP contribution in [-0.4, -0.2) is 32.6 Å². The molecule has 0 spiro atoms. The molecule has 0 aliphatic carbocycles. The first-order valence-corrected chi connectivity index (χ1v) is 6.76. The number of rotatable bonds is 6. The van der Waals surface area contributed by atoms with Gasteiger partial charge in [0.25, 0.3) is 0 Å². The van der Waals surface area contributed by atoms with Crippen molar-refractivity contribution in [2.75, 3.05) is 25.5 Å². The fourth-order valence-electron chi connectivity index (χ4n) is 1.77. The maximum absolute atomic E-state index is 11.5. The van der Waals surface area contributed by atoms with Crippen molar-refractivity contribution in [2.45, 2.75) is 26.4 Å². The van der Waals surface area contributed by atoms with E-state index in [4.69, 9.17) is 11.6 Å². The third-order valence-corrected chi connectivity index (χ3v) is 3.21. The second-order valence-corrected chi connectivity index (χ2v) is 5.21. The Hall–Kier alpha value is -1.26. The van der Waals surface area contributed by atoms with Gasteiger partial charge in [-0.25, -0.2) is 0 Å². The van der Waals surface area contributed by atoms with Gasteiger partial charge in [-0.15, -0.1) is 0 Å². The number of halogens is 1. The van der Waals surface area contributed by atoms with Crippen LogP contribution in [0.25, 0.3) is 0 Å². The van der Waals surface area contributed by atoms with E-state index in [1.807, 2.05) is 30.1 Å². The maximum atomic E-state index is 11.5. The monoisotopic (exact) mass is 283 g/mol. The molecule has 0 unspecified atom stereocenters. The van der Waals surface area contributed by atoms with E-state index in [0.29, 0.717) is 19.1 Å². The molecule has 1 aromatic rings. The van der Waals surface area contributed by atoms with E-state index in [2.05, 4.69) is 24.5 Å². The summed E-state index contributed by atoms with van der Waals surface area (Å²) in [5.41, 5.74) is 1.99. The summed E-state index contributed by atoms with van der Waals surface area (Å²) in [5.74, 6) is -0.0229. The number of hydrogen-bond acceptors (Lipinski definition) is 3. The molecule has 5 heteroatoms. The zero-order valence-electron chi connectivity index (χ0n) is 12.0. The van der Waals surface area contributed by atoms with Crippen molar-refractivity contribution in [3.05, 3.63) is 28.8 Å². The van der Waals surface area contributed by atoms with Crippen LogP contribution in [-0.2, 0) is 11.3 Å². The predicted octanol–water partition coefficient (Wildman–Crippen LogP) is 2.02. The van der Waals surface area contributed by atoms with E-state index in [9.17, 15) is 4.79 Å². The van der Waals surface area contributed by atoms with Crippen LogP contribution in [0.15, 0.2) is 18.2 Å². The fourth-order valence-corrected chi connectivity index (χ4v) is 2.00. The van der Waals surface area contributed by atoms with Crippen LogP contribution < -0.4 is 15.5 Å². The number of nitrogens with zero attached hydrogens (tertiary/aromatic N) is 1. The molecule has 1 aromatic carbocycles. The molecular formula is C14H22ClN3O. The topological polar surface area (TPSA) is 44.4 Å². The number of anilines is 1. The molecule has 0 aliphatic heterocycles. The van der Waals surface area contributed by atoms with Crippen molar-refractivity contribution in [1.82, 2.24) is 10.6 Å². The summed E-state index contributed by atoms with van der Waals surface area (Å²) in [4.78, 5) is 13.4. The summed E-state index contributed by atoms with van der Waals surface area (Å²) in [5, 5.41) is 6.69. The van der Waals surface area contributed by atoms with Crippen molar-refractivity contribution in [2.24, 2.45) is 0 Å². The van der Waals surface area contributed by atoms with Crippen LogP contribution in [0.3, 0.4) is 0 Å². The highest BCUT2D eigenvalue weighted by molar-refractivity contribution is 6.31. The molecule has 0 saturated carbocycles. The Kier molecular flexibility index (Phi) is 6.12. The number of benzene rings is 1. The number of hydrogen-bond donors (Lipinski definition) is 2. The Morgan fingerprint density at radius 3 is 2.68 bits per heavy atom. The van der Waals surface area contributed by atoms with E-state index in [0.717, 1.165) is 16.3 Å². The Balaban J connectivity index is 2.92. The van der Waals surface area contributed by atoms with Crippen molar-refractivity contribution in [3.8, 4) is 0 Å². The highest BCUT2D eigenvalue weighted by Gasteiger charge is 2.13. The minimum Gasteiger partial charge on any atom is -0.365 e. The standard InChI is InChI=1S/C14H22ClN3O/c1-10(2)17-8-11-12(15)6-5-7-13(11)18(4)9-14(19)16-3/h5-7,10,17H,8-9H2,1-4H3,(H,16,19). The highest BCUT2D eigenvalue weighted by atomic mass is 35.5. The smallest absolute Gasteiger partial charge is 0.239 e. The average Bonchev–Trinajstić information content (AvgIpc) is 2.36. The number of carbonyl (C=O) groups is 1. The molecule has 0 fully saturated rings. The molecule has 19 heavy (non-hydrogen) atoms. The summed E-state index contributed by atoms with van der Waals surface area (Å²) in [7, 11) is 3.52. The lowest BCUT2D eigenvalue weighted by atomic mass is 10.1. The SMILES string of the molecule is CNC(=O)CN(C)c1cccc(Cl)c1CNC(C)C. The minimum atomic E-state index is -0.0229. The van der Waals surface area contributed by atoms with Gasteiger partial charge in [-0.1, -0.05) is 31.5 Å². The van der Waals surface area contributed by atoms with Gasteiger partial charge in [0.05, 0.1) is 6.54 Å². The zero-order chi connectivity index (χ0) is 14.4. The first-order chi connectivity index (χ1) is 8.95. The fraction of sp³-hybridized carbons (Fsp3) is 0.500. The Morgan fingerprint density at radius 1 is 1.42 bits per heavy atom. The molecule has 4 nitrogen and oxygen atoms in total. The molecule has 0 aromatic heterocycles. The Morgan fingerprint density at radius 2 is 2.11 bits per heavy atom. The van der Waals surface area contributed by atoms with Gasteiger partial charge >= 0.3 is 0 Å². The minimum absolute atomic E-state index is 0.0229. The molecule has 0 atom stereocenters. The lowest BCUT2D eigenvalue weighted by Crippen LogP contribution is -2.34. The molecule has 1 amide bonds. The third kappa shape index (κ3) is 4.73. The van der Waals surface area contributed by atoms with Crippen LogP contribution in [0, 0.1) is 0 Å². The van der Waals surface area contributed by atoms with Crippen LogP contribution >= 0.6 is 11.6 Å². The van der Waals surface area contributed by atoms with Gasteiger partial charge in [-0.05, 0) is 12.1 Å². The number of nitrogens with one attached hydrogen (secondary N) is 2. The summed E-state index contributed by atoms with van der Waals surface area (Å²) in [6.45, 7) is 5.17. The molecule has 106 valence electrons. The van der Waals surface area contributed by atoms with Crippen molar-refractivity contribution >= 4 is 23.2 Å². The summed E-state index contributed by atoms with van der Waals surface area (Å²) in [6.07, 6.45) is 0. The van der Waals surface area contributed by atoms with Gasteiger partial charge in [0, 0.05) is 43.0 Å². The molecule has 0 heterocycles. The first kappa shape index (κ1) is 15.8. The van der Waals surface area contributed by atoms with Crippen molar-refractivity contribution < 1.29 is 4.79 Å². The molecule has 1 rings (SSSR count). The molecule has 0 aliphatic rings. The molecule has 0 bridgehead atoms. The predicted molar refractivity (Wildman–Crippen MR) is 80.8 cm³/mol. The second-order valence-electron chi connectivity index (χ2n) is 4.80. The van der Waals surface area contributed by atoms with Gasteiger partial charge in [-0.2, -0.15) is 0 Å². The zero-order valence-corrected chi connectivity index (χ0v) is 12.7. The van der Waals surface area contributed by atoms with Gasteiger partial charge in [0.1, 0.15) is 0 Å². The largest absolute Gasteiger partial charge is 0.365 e. The summed E-state index contributed by atoms with van der Waals surface area (Å²) >= 11 is 6.26. The van der Waals surface area contributed by atoms with Gasteiger partial charge in [0.2, 0.25) is 5.91 Å². The summed E-state index contributed by atoms with van der Waals surface area (Å²) < 4.78 is 0. The van der Waals surface area contributed by atoms with E-state index >= 15 is 0 Å². The van der Waals surface area contributed by atoms with Crippen LogP contribution in [0.4, 0.5) is 5.69 Å². The van der Waals surface area contributed by atoms with E-state index < -0.39 is 0 Å².